The molecule has 7 heteroatoms. The maximum atomic E-state index is 12.7. The highest BCUT2D eigenvalue weighted by molar-refractivity contribution is 9.10. The van der Waals surface area contributed by atoms with E-state index < -0.39 is 24.3 Å². The Labute approximate surface area is 128 Å². The van der Waals surface area contributed by atoms with Crippen molar-refractivity contribution in [3.8, 4) is 0 Å². The SMILES string of the molecule is O=C(COC(=O)c1cncc(Br)c1)Nc1ccc(F)cc1. The Morgan fingerprint density at radius 1 is 1.24 bits per heavy atom. The number of rotatable bonds is 4. The van der Waals surface area contributed by atoms with Crippen molar-refractivity contribution in [2.24, 2.45) is 0 Å². The van der Waals surface area contributed by atoms with Crippen LogP contribution < -0.4 is 5.32 Å². The lowest BCUT2D eigenvalue weighted by molar-refractivity contribution is -0.119. The van der Waals surface area contributed by atoms with Crippen LogP contribution >= 0.6 is 15.9 Å². The van der Waals surface area contributed by atoms with Crippen LogP contribution in [0, 0.1) is 5.82 Å². The number of hydrogen-bond acceptors (Lipinski definition) is 4. The number of carbonyl (C=O) groups excluding carboxylic acids is 2. The van der Waals surface area contributed by atoms with E-state index in [1.807, 2.05) is 0 Å². The van der Waals surface area contributed by atoms with Crippen molar-refractivity contribution in [2.45, 2.75) is 0 Å². The standard InChI is InChI=1S/C14H10BrFN2O3/c15-10-5-9(6-17-7-10)14(20)21-8-13(19)18-12-3-1-11(16)2-4-12/h1-7H,8H2,(H,18,19). The minimum absolute atomic E-state index is 0.235. The molecule has 0 fully saturated rings. The molecule has 0 atom stereocenters. The second-order valence-corrected chi connectivity index (χ2v) is 4.94. The van der Waals surface area contributed by atoms with E-state index in [1.54, 1.807) is 0 Å². The first-order valence-electron chi connectivity index (χ1n) is 5.88. The molecule has 1 heterocycles. The lowest BCUT2D eigenvalue weighted by Gasteiger charge is -2.06. The van der Waals surface area contributed by atoms with Crippen molar-refractivity contribution < 1.29 is 18.7 Å². The monoisotopic (exact) mass is 352 g/mol. The summed E-state index contributed by atoms with van der Waals surface area (Å²) < 4.78 is 18.2. The number of ether oxygens (including phenoxy) is 1. The van der Waals surface area contributed by atoms with Crippen LogP contribution in [-0.4, -0.2) is 23.5 Å². The van der Waals surface area contributed by atoms with Crippen molar-refractivity contribution >= 4 is 33.5 Å². The number of esters is 1. The Morgan fingerprint density at radius 3 is 2.62 bits per heavy atom. The smallest absolute Gasteiger partial charge is 0.340 e. The lowest BCUT2D eigenvalue weighted by Crippen LogP contribution is -2.21. The Balaban J connectivity index is 1.86. The molecule has 1 aromatic carbocycles. The molecule has 0 saturated heterocycles. The molecule has 0 aliphatic rings. The summed E-state index contributed by atoms with van der Waals surface area (Å²) in [5.41, 5.74) is 0.653. The van der Waals surface area contributed by atoms with Gasteiger partial charge in [0.15, 0.2) is 6.61 Å². The number of benzene rings is 1. The highest BCUT2D eigenvalue weighted by Crippen LogP contribution is 2.11. The van der Waals surface area contributed by atoms with Crippen LogP contribution in [0.1, 0.15) is 10.4 Å². The van der Waals surface area contributed by atoms with Gasteiger partial charge in [-0.05, 0) is 46.3 Å². The molecule has 1 N–H and O–H groups in total. The van der Waals surface area contributed by atoms with E-state index in [1.165, 1.54) is 42.7 Å². The Hall–Kier alpha value is -2.28. The highest BCUT2D eigenvalue weighted by Gasteiger charge is 2.11. The van der Waals surface area contributed by atoms with Crippen molar-refractivity contribution in [1.29, 1.82) is 0 Å². The van der Waals surface area contributed by atoms with E-state index in [-0.39, 0.29) is 5.56 Å². The third kappa shape index (κ3) is 4.64. The highest BCUT2D eigenvalue weighted by atomic mass is 79.9. The van der Waals surface area contributed by atoms with Crippen LogP contribution in [0.2, 0.25) is 0 Å². The van der Waals surface area contributed by atoms with Gasteiger partial charge < -0.3 is 10.1 Å². The number of hydrogen-bond donors (Lipinski definition) is 1. The Morgan fingerprint density at radius 2 is 1.95 bits per heavy atom. The van der Waals surface area contributed by atoms with Gasteiger partial charge in [-0.25, -0.2) is 9.18 Å². The molecule has 0 aliphatic carbocycles. The van der Waals surface area contributed by atoms with Gasteiger partial charge in [0.05, 0.1) is 5.56 Å². The van der Waals surface area contributed by atoms with Crippen molar-refractivity contribution in [2.75, 3.05) is 11.9 Å². The maximum absolute atomic E-state index is 12.7. The fourth-order valence-electron chi connectivity index (χ4n) is 1.47. The molecular formula is C14H10BrFN2O3. The van der Waals surface area contributed by atoms with E-state index in [2.05, 4.69) is 26.2 Å². The van der Waals surface area contributed by atoms with Gasteiger partial charge in [-0.2, -0.15) is 0 Å². The zero-order chi connectivity index (χ0) is 15.2. The van der Waals surface area contributed by atoms with Gasteiger partial charge in [0.2, 0.25) is 0 Å². The molecule has 5 nitrogen and oxygen atoms in total. The molecule has 108 valence electrons. The number of pyridine rings is 1. The minimum atomic E-state index is -0.655. The molecule has 0 bridgehead atoms. The van der Waals surface area contributed by atoms with E-state index in [9.17, 15) is 14.0 Å². The number of anilines is 1. The summed E-state index contributed by atoms with van der Waals surface area (Å²) in [6, 6.07) is 6.79. The topological polar surface area (TPSA) is 68.3 Å². The van der Waals surface area contributed by atoms with Crippen molar-refractivity contribution in [3.63, 3.8) is 0 Å². The molecule has 2 aromatic rings. The fraction of sp³-hybridized carbons (Fsp3) is 0.0714. The van der Waals surface area contributed by atoms with Crippen LogP contribution in [0.5, 0.6) is 0 Å². The summed E-state index contributed by atoms with van der Waals surface area (Å²) in [4.78, 5) is 27.1. The Bertz CT molecular complexity index is 662. The largest absolute Gasteiger partial charge is 0.452 e. The normalized spacial score (nSPS) is 10.0. The van der Waals surface area contributed by atoms with Gasteiger partial charge in [-0.1, -0.05) is 0 Å². The number of aromatic nitrogens is 1. The average molecular weight is 353 g/mol. The summed E-state index contributed by atoms with van der Waals surface area (Å²) >= 11 is 3.18. The number of halogens is 2. The zero-order valence-electron chi connectivity index (χ0n) is 10.7. The molecule has 0 radical (unpaired) electrons. The van der Waals surface area contributed by atoms with Crippen LogP contribution in [0.25, 0.3) is 0 Å². The van der Waals surface area contributed by atoms with Crippen molar-refractivity contribution in [3.05, 3.63) is 58.6 Å². The van der Waals surface area contributed by atoms with Crippen molar-refractivity contribution in [1.82, 2.24) is 4.98 Å². The van der Waals surface area contributed by atoms with E-state index in [0.29, 0.717) is 10.2 Å². The molecular weight excluding hydrogens is 343 g/mol. The van der Waals surface area contributed by atoms with Gasteiger partial charge >= 0.3 is 5.97 Å². The van der Waals surface area contributed by atoms with E-state index in [4.69, 9.17) is 4.74 Å². The third-order valence-corrected chi connectivity index (χ3v) is 2.84. The molecule has 0 saturated carbocycles. The average Bonchev–Trinajstić information content (AvgIpc) is 2.47. The van der Waals surface area contributed by atoms with Crippen LogP contribution in [-0.2, 0) is 9.53 Å². The summed E-state index contributed by atoms with van der Waals surface area (Å²) in [5, 5.41) is 2.48. The quantitative estimate of drug-likeness (QED) is 0.859. The summed E-state index contributed by atoms with van der Waals surface area (Å²) in [7, 11) is 0. The van der Waals surface area contributed by atoms with Gasteiger partial charge in [0.25, 0.3) is 5.91 Å². The first kappa shape index (κ1) is 15.1. The molecule has 0 unspecified atom stereocenters. The molecule has 21 heavy (non-hydrogen) atoms. The second kappa shape index (κ2) is 6.94. The number of amides is 1. The predicted octanol–water partition coefficient (Wildman–Crippen LogP) is 2.78. The van der Waals surface area contributed by atoms with E-state index >= 15 is 0 Å². The predicted molar refractivity (Wildman–Crippen MR) is 77.2 cm³/mol. The van der Waals surface area contributed by atoms with Gasteiger partial charge in [-0.3, -0.25) is 9.78 Å². The van der Waals surface area contributed by atoms with E-state index in [0.717, 1.165) is 0 Å². The van der Waals surface area contributed by atoms with Crippen LogP contribution in [0.15, 0.2) is 47.2 Å². The first-order valence-corrected chi connectivity index (χ1v) is 6.67. The molecule has 1 amide bonds. The summed E-state index contributed by atoms with van der Waals surface area (Å²) in [5.74, 6) is -1.57. The fourth-order valence-corrected chi connectivity index (χ4v) is 1.83. The summed E-state index contributed by atoms with van der Waals surface area (Å²) in [6.07, 6.45) is 2.86. The molecule has 0 spiro atoms. The zero-order valence-corrected chi connectivity index (χ0v) is 12.3. The Kier molecular flexibility index (Phi) is 4.99. The summed E-state index contributed by atoms with van der Waals surface area (Å²) in [6.45, 7) is -0.442. The maximum Gasteiger partial charge on any atom is 0.340 e. The molecule has 0 aliphatic heterocycles. The van der Waals surface area contributed by atoms with Crippen LogP contribution in [0.3, 0.4) is 0 Å². The minimum Gasteiger partial charge on any atom is -0.452 e. The second-order valence-electron chi connectivity index (χ2n) is 4.02. The van der Waals surface area contributed by atoms with Gasteiger partial charge in [0, 0.05) is 22.6 Å². The number of nitrogens with one attached hydrogen (secondary N) is 1. The molecule has 1 aromatic heterocycles. The van der Waals surface area contributed by atoms with Crippen LogP contribution in [0.4, 0.5) is 10.1 Å². The number of nitrogens with zero attached hydrogens (tertiary/aromatic N) is 1. The lowest BCUT2D eigenvalue weighted by atomic mass is 10.3. The third-order valence-electron chi connectivity index (χ3n) is 2.40. The molecule has 2 rings (SSSR count). The van der Waals surface area contributed by atoms with Gasteiger partial charge in [-0.15, -0.1) is 0 Å². The van der Waals surface area contributed by atoms with Gasteiger partial charge in [0.1, 0.15) is 5.82 Å². The number of carbonyl (C=O) groups is 2. The first-order chi connectivity index (χ1) is 10.0.